The van der Waals surface area contributed by atoms with Gasteiger partial charge in [-0.15, -0.1) is 13.2 Å². The highest BCUT2D eigenvalue weighted by molar-refractivity contribution is 6.32. The van der Waals surface area contributed by atoms with E-state index in [9.17, 15) is 58.8 Å². The molecular weight excluding hydrogens is 724 g/mol. The maximum Gasteiger partial charge on any atom is 0.309 e. The minimum absolute atomic E-state index is 0.00603. The van der Waals surface area contributed by atoms with Crippen LogP contribution in [0.4, 0.5) is 0 Å². The number of aliphatic hydroxyl groups excluding tert-OH is 1. The van der Waals surface area contributed by atoms with Gasteiger partial charge in [-0.05, 0) is 25.6 Å². The van der Waals surface area contributed by atoms with Crippen molar-refractivity contribution < 1.29 is 73.0 Å². The molecule has 8 unspecified atom stereocenters. The van der Waals surface area contributed by atoms with E-state index in [-0.39, 0.29) is 29.5 Å². The van der Waals surface area contributed by atoms with Gasteiger partial charge >= 0.3 is 17.9 Å². The Bertz CT molecular complexity index is 1820. The van der Waals surface area contributed by atoms with Gasteiger partial charge in [0.2, 0.25) is 5.91 Å². The van der Waals surface area contributed by atoms with E-state index >= 15 is 0 Å². The minimum atomic E-state index is -3.14. The van der Waals surface area contributed by atoms with Gasteiger partial charge in [-0.25, -0.2) is 0 Å². The average Bonchev–Trinajstić information content (AvgIpc) is 3.11. The number of likely N-dealkylation sites (N-methyl/N-ethyl adjacent to an activating group) is 1. The van der Waals surface area contributed by atoms with Crippen LogP contribution < -0.4 is 5.73 Å². The number of aromatic hydroxyl groups is 1. The molecule has 0 radical (unpaired) electrons. The summed E-state index contributed by atoms with van der Waals surface area (Å²) in [7, 11) is 2.79. The van der Waals surface area contributed by atoms with Crippen molar-refractivity contribution in [2.24, 2.45) is 29.4 Å². The molecule has 296 valence electrons. The second kappa shape index (κ2) is 16.6. The number of ketones is 4. The van der Waals surface area contributed by atoms with Gasteiger partial charge in [0.05, 0.1) is 48.8 Å². The molecular formula is C38H44N2O15. The number of nitrogens with zero attached hydrogens (tertiary/aromatic N) is 1. The standard InChI is InChI=1S/C38H44N2O15/c1-6-9-21(41)53-15-37(51,16-54-22(42)10-7-2)17-55-23(43)12-8-11-19-13-14-20-18(3)24-26(31(45)25(20)30(19)44)34(48)38(52)28(32(24)46)29(40(4)5)33(47)27(35(38)49)36(39)50/h6-8,11,13-14,18,24,26-29,32,44,46,51-52H,1-2,9-10,12,15-17H2,3-5H3,(H2,39,50)/b11-8+. The monoisotopic (exact) mass is 768 g/mol. The average molecular weight is 769 g/mol. The number of esters is 3. The molecule has 0 saturated heterocycles. The third-order valence-corrected chi connectivity index (χ3v) is 10.2. The fourth-order valence-corrected chi connectivity index (χ4v) is 7.60. The fourth-order valence-electron chi connectivity index (χ4n) is 7.60. The molecule has 0 aliphatic heterocycles. The number of amides is 1. The first kappa shape index (κ1) is 42.4. The number of Topliss-reactive ketones (excluding diaryl/α,β-unsaturated/α-hetero) is 4. The van der Waals surface area contributed by atoms with Crippen molar-refractivity contribution in [2.45, 2.75) is 55.5 Å². The van der Waals surface area contributed by atoms with Crippen molar-refractivity contribution in [1.82, 2.24) is 4.90 Å². The number of phenols is 1. The smallest absolute Gasteiger partial charge is 0.309 e. The van der Waals surface area contributed by atoms with Crippen LogP contribution in [0.1, 0.15) is 53.6 Å². The number of primary amides is 1. The Morgan fingerprint density at radius 1 is 0.927 bits per heavy atom. The molecule has 2 fully saturated rings. The summed E-state index contributed by atoms with van der Waals surface area (Å²) in [4.78, 5) is 105. The molecule has 3 aliphatic carbocycles. The van der Waals surface area contributed by atoms with Crippen LogP contribution in [0.3, 0.4) is 0 Å². The van der Waals surface area contributed by atoms with Crippen LogP contribution >= 0.6 is 0 Å². The Hall–Kier alpha value is -5.36. The van der Waals surface area contributed by atoms with Crippen molar-refractivity contribution in [1.29, 1.82) is 0 Å². The molecule has 0 aromatic heterocycles. The van der Waals surface area contributed by atoms with Crippen LogP contribution in [-0.2, 0) is 47.8 Å². The lowest BCUT2D eigenvalue weighted by Crippen LogP contribution is -2.77. The van der Waals surface area contributed by atoms with Crippen molar-refractivity contribution >= 4 is 53.0 Å². The predicted molar refractivity (Wildman–Crippen MR) is 189 cm³/mol. The normalized spacial score (nSPS) is 27.5. The van der Waals surface area contributed by atoms with Gasteiger partial charge in [0.15, 0.2) is 40.3 Å². The lowest BCUT2D eigenvalue weighted by atomic mass is 9.49. The van der Waals surface area contributed by atoms with Crippen LogP contribution in [-0.4, -0.2) is 130 Å². The molecule has 1 aromatic carbocycles. The molecule has 1 amide bonds. The first-order valence-corrected chi connectivity index (χ1v) is 17.2. The van der Waals surface area contributed by atoms with E-state index in [4.69, 9.17) is 19.9 Å². The maximum atomic E-state index is 14.2. The van der Waals surface area contributed by atoms with Crippen molar-refractivity contribution in [2.75, 3.05) is 33.9 Å². The molecule has 3 aliphatic rings. The highest BCUT2D eigenvalue weighted by atomic mass is 16.6. The van der Waals surface area contributed by atoms with Crippen molar-refractivity contribution in [3.05, 3.63) is 60.2 Å². The van der Waals surface area contributed by atoms with E-state index < -0.39 is 132 Å². The highest BCUT2D eigenvalue weighted by Crippen LogP contribution is 2.54. The number of aliphatic hydroxyl groups is 3. The molecule has 0 bridgehead atoms. The topological polar surface area (TPSA) is 274 Å². The van der Waals surface area contributed by atoms with Crippen LogP contribution in [0, 0.1) is 23.7 Å². The van der Waals surface area contributed by atoms with Gasteiger partial charge < -0.3 is 40.4 Å². The summed E-state index contributed by atoms with van der Waals surface area (Å²) in [5.41, 5.74) is -0.0140. The summed E-state index contributed by atoms with van der Waals surface area (Å²) in [6.07, 6.45) is 2.50. The predicted octanol–water partition coefficient (Wildman–Crippen LogP) is -0.685. The number of nitrogens with two attached hydrogens (primary N) is 1. The fraction of sp³-hybridized carbons (Fsp3) is 0.474. The Morgan fingerprint density at radius 3 is 1.95 bits per heavy atom. The lowest BCUT2D eigenvalue weighted by molar-refractivity contribution is -0.197. The maximum absolute atomic E-state index is 14.2. The Balaban J connectivity index is 1.56. The summed E-state index contributed by atoms with van der Waals surface area (Å²) in [5.74, 6) is -17.2. The van der Waals surface area contributed by atoms with Crippen LogP contribution in [0.2, 0.25) is 0 Å². The lowest BCUT2D eigenvalue weighted by Gasteiger charge is -2.56. The molecule has 17 nitrogen and oxygen atoms in total. The second-order valence-electron chi connectivity index (χ2n) is 14.1. The summed E-state index contributed by atoms with van der Waals surface area (Å²) in [6, 6.07) is 1.38. The van der Waals surface area contributed by atoms with Gasteiger partial charge in [0, 0.05) is 11.5 Å². The van der Waals surface area contributed by atoms with E-state index in [2.05, 4.69) is 13.2 Å². The van der Waals surface area contributed by atoms with Gasteiger partial charge in [0.25, 0.3) is 0 Å². The Morgan fingerprint density at radius 2 is 1.45 bits per heavy atom. The SMILES string of the molecule is C=CCC(=O)OCC(O)(COC(=O)CC=C)COC(=O)C/C=C/c1ccc2c(c1O)C(=O)C1C(=O)C3(O)C(=O)C(C(N)=O)C(=O)C(N(C)C)C3C(O)C1C2C. The minimum Gasteiger partial charge on any atom is -0.507 e. The van der Waals surface area contributed by atoms with Gasteiger partial charge in [-0.2, -0.15) is 0 Å². The quantitative estimate of drug-likeness (QED) is 0.0640. The van der Waals surface area contributed by atoms with Gasteiger partial charge in [0.1, 0.15) is 25.6 Å². The van der Waals surface area contributed by atoms with Crippen LogP contribution in [0.15, 0.2) is 43.5 Å². The molecule has 1 aromatic rings. The van der Waals surface area contributed by atoms with Crippen LogP contribution in [0.25, 0.3) is 6.08 Å². The van der Waals surface area contributed by atoms with E-state index in [1.165, 1.54) is 55.4 Å². The van der Waals surface area contributed by atoms with Crippen molar-refractivity contribution in [3.63, 3.8) is 0 Å². The highest BCUT2D eigenvalue weighted by Gasteiger charge is 2.72. The van der Waals surface area contributed by atoms with E-state index in [1.807, 2.05) is 0 Å². The van der Waals surface area contributed by atoms with Crippen LogP contribution in [0.5, 0.6) is 5.75 Å². The molecule has 4 rings (SSSR count). The number of carbonyl (C=O) groups excluding carboxylic acids is 8. The first-order valence-electron chi connectivity index (χ1n) is 17.2. The number of phenolic OH excluding ortho intramolecular Hbond substituents is 1. The van der Waals surface area contributed by atoms with Crippen molar-refractivity contribution in [3.8, 4) is 5.75 Å². The number of ether oxygens (including phenoxy) is 3. The van der Waals surface area contributed by atoms with E-state index in [1.54, 1.807) is 6.92 Å². The molecule has 2 saturated carbocycles. The van der Waals surface area contributed by atoms with Gasteiger partial charge in [-0.3, -0.25) is 43.3 Å². The zero-order chi connectivity index (χ0) is 41.2. The molecule has 8 atom stereocenters. The summed E-state index contributed by atoms with van der Waals surface area (Å²) in [5, 5.41) is 45.7. The number of carbonyl (C=O) groups is 8. The Labute approximate surface area is 315 Å². The molecule has 55 heavy (non-hydrogen) atoms. The number of hydrogen-bond acceptors (Lipinski definition) is 16. The number of fused-ring (bicyclic) bond motifs is 3. The summed E-state index contributed by atoms with van der Waals surface area (Å²) < 4.78 is 15.1. The molecule has 6 N–H and O–H groups in total. The summed E-state index contributed by atoms with van der Waals surface area (Å²) >= 11 is 0. The first-order chi connectivity index (χ1) is 25.8. The molecule has 17 heteroatoms. The number of benzene rings is 1. The molecule has 0 spiro atoms. The largest absolute Gasteiger partial charge is 0.507 e. The van der Waals surface area contributed by atoms with Gasteiger partial charge in [-0.1, -0.05) is 43.4 Å². The third-order valence-electron chi connectivity index (χ3n) is 10.2. The Kier molecular flexibility index (Phi) is 12.8. The zero-order valence-electron chi connectivity index (χ0n) is 30.5. The van der Waals surface area contributed by atoms with E-state index in [0.717, 1.165) is 0 Å². The summed E-state index contributed by atoms with van der Waals surface area (Å²) in [6.45, 7) is 6.26. The number of rotatable bonds is 15. The second-order valence-corrected chi connectivity index (χ2v) is 14.1. The number of hydrogen-bond donors (Lipinski definition) is 5. The van der Waals surface area contributed by atoms with E-state index in [0.29, 0.717) is 0 Å². The third kappa shape index (κ3) is 7.91. The molecule has 0 heterocycles. The zero-order valence-corrected chi connectivity index (χ0v) is 30.5.